The van der Waals surface area contributed by atoms with Crippen LogP contribution in [0, 0.1) is 13.8 Å². The number of nitrogens with zero attached hydrogens (tertiary/aromatic N) is 6. The summed E-state index contributed by atoms with van der Waals surface area (Å²) in [6, 6.07) is 13.9. The minimum absolute atomic E-state index is 0.704. The Kier molecular flexibility index (Phi) is 3.89. The molecule has 0 fully saturated rings. The van der Waals surface area contributed by atoms with E-state index < -0.39 is 0 Å². The molecule has 0 spiro atoms. The normalized spacial score (nSPS) is 11.1. The lowest BCUT2D eigenvalue weighted by molar-refractivity contribution is 0.718. The molecule has 126 valence electrons. The Morgan fingerprint density at radius 2 is 1.88 bits per heavy atom. The molecule has 0 saturated carbocycles. The summed E-state index contributed by atoms with van der Waals surface area (Å²) < 4.78 is 3.92. The van der Waals surface area contributed by atoms with E-state index in [4.69, 9.17) is 0 Å². The lowest BCUT2D eigenvalue weighted by atomic mass is 10.3. The van der Waals surface area contributed by atoms with E-state index in [1.807, 2.05) is 56.4 Å². The standard InChI is InChI=1S/C18H19N7/c1-13-9-11-25(23-13)18-8-7-17(21-22-18)19-10-12-24-14(2)20-15-5-3-4-6-16(15)24/h3-9,11H,10,12H2,1-2H3,(H,19,21). The van der Waals surface area contributed by atoms with Gasteiger partial charge in [-0.1, -0.05) is 12.1 Å². The number of hydrogen-bond donors (Lipinski definition) is 1. The Morgan fingerprint density at radius 3 is 2.64 bits per heavy atom. The lowest BCUT2D eigenvalue weighted by Gasteiger charge is -2.09. The molecule has 7 nitrogen and oxygen atoms in total. The maximum absolute atomic E-state index is 4.58. The summed E-state index contributed by atoms with van der Waals surface area (Å²) in [6.45, 7) is 5.53. The molecular weight excluding hydrogens is 314 g/mol. The van der Waals surface area contributed by atoms with Crippen LogP contribution in [0.2, 0.25) is 0 Å². The SMILES string of the molecule is Cc1ccn(-c2ccc(NCCn3c(C)nc4ccccc43)nn2)n1. The molecule has 4 rings (SSSR count). The van der Waals surface area contributed by atoms with Crippen LogP contribution in [0.4, 0.5) is 5.82 Å². The number of aromatic nitrogens is 6. The van der Waals surface area contributed by atoms with Crippen molar-refractivity contribution in [2.24, 2.45) is 0 Å². The number of imidazole rings is 1. The molecule has 7 heteroatoms. The quantitative estimate of drug-likeness (QED) is 0.608. The van der Waals surface area contributed by atoms with Gasteiger partial charge in [0.2, 0.25) is 0 Å². The van der Waals surface area contributed by atoms with Crippen molar-refractivity contribution in [2.75, 3.05) is 11.9 Å². The first-order valence-corrected chi connectivity index (χ1v) is 8.23. The van der Waals surface area contributed by atoms with Crippen molar-refractivity contribution in [2.45, 2.75) is 20.4 Å². The fraction of sp³-hybridized carbons (Fsp3) is 0.222. The van der Waals surface area contributed by atoms with Gasteiger partial charge in [-0.25, -0.2) is 9.67 Å². The number of hydrogen-bond acceptors (Lipinski definition) is 5. The van der Waals surface area contributed by atoms with E-state index in [1.165, 1.54) is 0 Å². The van der Waals surface area contributed by atoms with E-state index in [1.54, 1.807) is 4.68 Å². The van der Waals surface area contributed by atoms with Gasteiger partial charge < -0.3 is 9.88 Å². The van der Waals surface area contributed by atoms with Crippen LogP contribution < -0.4 is 5.32 Å². The molecule has 0 aliphatic carbocycles. The number of para-hydroxylation sites is 2. The van der Waals surface area contributed by atoms with Crippen LogP contribution in [-0.4, -0.2) is 36.1 Å². The number of rotatable bonds is 5. The first-order chi connectivity index (χ1) is 12.2. The summed E-state index contributed by atoms with van der Waals surface area (Å²) >= 11 is 0. The smallest absolute Gasteiger partial charge is 0.175 e. The van der Waals surface area contributed by atoms with Gasteiger partial charge >= 0.3 is 0 Å². The summed E-state index contributed by atoms with van der Waals surface area (Å²) in [4.78, 5) is 4.58. The average Bonchev–Trinajstić information content (AvgIpc) is 3.19. The number of fused-ring (bicyclic) bond motifs is 1. The minimum atomic E-state index is 0.704. The summed E-state index contributed by atoms with van der Waals surface area (Å²) in [5, 5.41) is 16.1. The van der Waals surface area contributed by atoms with Crippen molar-refractivity contribution in [1.29, 1.82) is 0 Å². The van der Waals surface area contributed by atoms with Crippen molar-refractivity contribution in [1.82, 2.24) is 29.5 Å². The first kappa shape index (κ1) is 15.3. The topological polar surface area (TPSA) is 73.5 Å². The highest BCUT2D eigenvalue weighted by Gasteiger charge is 2.06. The van der Waals surface area contributed by atoms with Crippen molar-refractivity contribution >= 4 is 16.9 Å². The van der Waals surface area contributed by atoms with Crippen LogP contribution >= 0.6 is 0 Å². The van der Waals surface area contributed by atoms with Crippen molar-refractivity contribution in [3.63, 3.8) is 0 Å². The predicted molar refractivity (Wildman–Crippen MR) is 96.9 cm³/mol. The maximum Gasteiger partial charge on any atom is 0.175 e. The van der Waals surface area contributed by atoms with Gasteiger partial charge in [-0.2, -0.15) is 5.10 Å². The van der Waals surface area contributed by atoms with Gasteiger partial charge in [0.1, 0.15) is 11.6 Å². The van der Waals surface area contributed by atoms with E-state index in [0.29, 0.717) is 5.82 Å². The van der Waals surface area contributed by atoms with Crippen LogP contribution in [0.3, 0.4) is 0 Å². The number of benzene rings is 1. The zero-order valence-corrected chi connectivity index (χ0v) is 14.2. The fourth-order valence-electron chi connectivity index (χ4n) is 2.86. The third-order valence-corrected chi connectivity index (χ3v) is 4.09. The molecule has 1 aromatic carbocycles. The van der Waals surface area contributed by atoms with Gasteiger partial charge in [-0.05, 0) is 44.2 Å². The summed E-state index contributed by atoms with van der Waals surface area (Å²) in [5.74, 6) is 2.46. The van der Waals surface area contributed by atoms with Gasteiger partial charge in [-0.15, -0.1) is 10.2 Å². The highest BCUT2D eigenvalue weighted by molar-refractivity contribution is 5.75. The number of nitrogens with one attached hydrogen (secondary N) is 1. The molecule has 0 aliphatic rings. The Morgan fingerprint density at radius 1 is 1.00 bits per heavy atom. The van der Waals surface area contributed by atoms with E-state index in [-0.39, 0.29) is 0 Å². The van der Waals surface area contributed by atoms with Crippen LogP contribution in [0.5, 0.6) is 0 Å². The summed E-state index contributed by atoms with van der Waals surface area (Å²) in [7, 11) is 0. The molecule has 3 heterocycles. The third-order valence-electron chi connectivity index (χ3n) is 4.09. The molecule has 1 N–H and O–H groups in total. The molecular formula is C18H19N7. The van der Waals surface area contributed by atoms with Crippen molar-refractivity contribution < 1.29 is 0 Å². The van der Waals surface area contributed by atoms with E-state index in [0.717, 1.165) is 41.5 Å². The molecule has 0 radical (unpaired) electrons. The predicted octanol–water partition coefficient (Wildman–Crippen LogP) is 2.74. The molecule has 0 bridgehead atoms. The molecule has 4 aromatic rings. The Hall–Kier alpha value is -3.22. The van der Waals surface area contributed by atoms with Crippen LogP contribution in [0.25, 0.3) is 16.9 Å². The second kappa shape index (κ2) is 6.35. The molecule has 0 atom stereocenters. The Balaban J connectivity index is 1.42. The maximum atomic E-state index is 4.58. The third kappa shape index (κ3) is 3.08. The van der Waals surface area contributed by atoms with Gasteiger partial charge in [0.25, 0.3) is 0 Å². The zero-order chi connectivity index (χ0) is 17.2. The first-order valence-electron chi connectivity index (χ1n) is 8.23. The van der Waals surface area contributed by atoms with E-state index in [9.17, 15) is 0 Å². The molecule has 25 heavy (non-hydrogen) atoms. The van der Waals surface area contributed by atoms with Gasteiger partial charge in [0.05, 0.1) is 16.7 Å². The Labute approximate surface area is 145 Å². The average molecular weight is 333 g/mol. The summed E-state index contributed by atoms with van der Waals surface area (Å²) in [5.41, 5.74) is 3.13. The van der Waals surface area contributed by atoms with Crippen molar-refractivity contribution in [3.8, 4) is 5.82 Å². The Bertz CT molecular complexity index is 998. The van der Waals surface area contributed by atoms with Gasteiger partial charge in [-0.3, -0.25) is 0 Å². The monoisotopic (exact) mass is 333 g/mol. The van der Waals surface area contributed by atoms with Gasteiger partial charge in [0.15, 0.2) is 5.82 Å². The van der Waals surface area contributed by atoms with Crippen molar-refractivity contribution in [3.05, 3.63) is 60.2 Å². The van der Waals surface area contributed by atoms with Crippen LogP contribution in [0.1, 0.15) is 11.5 Å². The summed E-state index contributed by atoms with van der Waals surface area (Å²) in [6.07, 6.45) is 1.87. The zero-order valence-electron chi connectivity index (χ0n) is 14.2. The minimum Gasteiger partial charge on any atom is -0.367 e. The lowest BCUT2D eigenvalue weighted by Crippen LogP contribution is -2.13. The van der Waals surface area contributed by atoms with Crippen LogP contribution in [0.15, 0.2) is 48.7 Å². The molecule has 3 aromatic heterocycles. The van der Waals surface area contributed by atoms with Crippen LogP contribution in [-0.2, 0) is 6.54 Å². The molecule has 0 saturated heterocycles. The van der Waals surface area contributed by atoms with E-state index in [2.05, 4.69) is 36.2 Å². The second-order valence-corrected chi connectivity index (χ2v) is 5.90. The number of anilines is 1. The largest absolute Gasteiger partial charge is 0.367 e. The molecule has 0 amide bonds. The fourth-order valence-corrected chi connectivity index (χ4v) is 2.86. The molecule has 0 aliphatic heterocycles. The number of aryl methyl sites for hydroxylation is 2. The van der Waals surface area contributed by atoms with Gasteiger partial charge in [0, 0.05) is 19.3 Å². The highest BCUT2D eigenvalue weighted by atomic mass is 15.3. The van der Waals surface area contributed by atoms with E-state index >= 15 is 0 Å². The highest BCUT2D eigenvalue weighted by Crippen LogP contribution is 2.15. The molecule has 0 unspecified atom stereocenters. The second-order valence-electron chi connectivity index (χ2n) is 5.90.